The number of benzene rings is 2. The number of nitrogens with zero attached hydrogens (tertiary/aromatic N) is 2. The Labute approximate surface area is 177 Å². The predicted octanol–water partition coefficient (Wildman–Crippen LogP) is 6.25. The van der Waals surface area contributed by atoms with Crippen molar-refractivity contribution < 1.29 is 22.0 Å². The average molecular weight is 437 g/mol. The van der Waals surface area contributed by atoms with Gasteiger partial charge < -0.3 is 5.32 Å². The maximum absolute atomic E-state index is 13.5. The maximum atomic E-state index is 13.5. The number of fused-ring (bicyclic) bond motifs is 1. The number of pyridine rings is 1. The molecule has 0 unspecified atom stereocenters. The highest BCUT2D eigenvalue weighted by molar-refractivity contribution is 5.91. The quantitative estimate of drug-likeness (QED) is 0.317. The second-order valence-electron chi connectivity index (χ2n) is 7.39. The highest BCUT2D eigenvalue weighted by Crippen LogP contribution is 2.32. The van der Waals surface area contributed by atoms with Crippen molar-refractivity contribution in [2.24, 2.45) is 0 Å². The molecule has 0 amide bonds. The summed E-state index contributed by atoms with van der Waals surface area (Å²) in [4.78, 5) is 6.21. The van der Waals surface area contributed by atoms with Crippen LogP contribution in [-0.2, 0) is 12.7 Å². The van der Waals surface area contributed by atoms with Crippen molar-refractivity contribution >= 4 is 16.6 Å². The topological polar surface area (TPSA) is 28.2 Å². The number of anilines is 1. The summed E-state index contributed by atoms with van der Waals surface area (Å²) >= 11 is 0. The van der Waals surface area contributed by atoms with Crippen LogP contribution >= 0.6 is 0 Å². The number of hydrogen-bond acceptors (Lipinski definition) is 3. The molecule has 3 nitrogen and oxygen atoms in total. The molecule has 0 saturated carbocycles. The van der Waals surface area contributed by atoms with Gasteiger partial charge in [-0.1, -0.05) is 19.1 Å². The van der Waals surface area contributed by atoms with Crippen molar-refractivity contribution in [2.45, 2.75) is 32.5 Å². The third kappa shape index (κ3) is 6.13. The van der Waals surface area contributed by atoms with Gasteiger partial charge in [0.05, 0.1) is 11.1 Å². The Morgan fingerprint density at radius 3 is 2.48 bits per heavy atom. The molecular formula is C23H24F5N3. The van der Waals surface area contributed by atoms with Crippen LogP contribution in [0.1, 0.15) is 30.9 Å². The van der Waals surface area contributed by atoms with Gasteiger partial charge in [-0.3, -0.25) is 9.88 Å². The molecule has 0 atom stereocenters. The van der Waals surface area contributed by atoms with E-state index in [-0.39, 0.29) is 5.52 Å². The Hall–Kier alpha value is -2.74. The fourth-order valence-corrected chi connectivity index (χ4v) is 3.49. The van der Waals surface area contributed by atoms with E-state index in [0.717, 1.165) is 49.8 Å². The normalized spacial score (nSPS) is 12.0. The molecule has 0 spiro atoms. The number of hydrogen-bond donors (Lipinski definition) is 1. The third-order valence-corrected chi connectivity index (χ3v) is 4.97. The Kier molecular flexibility index (Phi) is 7.43. The number of rotatable bonds is 9. The van der Waals surface area contributed by atoms with Crippen LogP contribution in [0.5, 0.6) is 0 Å². The van der Waals surface area contributed by atoms with Gasteiger partial charge in [0.25, 0.3) is 0 Å². The molecule has 1 aromatic heterocycles. The minimum atomic E-state index is -4.41. The average Bonchev–Trinajstić information content (AvgIpc) is 2.73. The van der Waals surface area contributed by atoms with E-state index in [1.54, 1.807) is 12.1 Å². The van der Waals surface area contributed by atoms with Gasteiger partial charge in [0.15, 0.2) is 11.6 Å². The van der Waals surface area contributed by atoms with Crippen LogP contribution in [0.3, 0.4) is 0 Å². The second kappa shape index (κ2) is 10.0. The first-order valence-corrected chi connectivity index (χ1v) is 10.1. The standard InChI is InChI=1S/C23H24F5N3/c1-2-11-31(15-16-4-7-19(24)20(25)13-16)12-3-9-29-21-8-10-30-22-14-17(23(26,27)28)5-6-18(21)22/h4-8,10,13-14H,2-3,9,11-12,15H2,1H3,(H,29,30). The fourth-order valence-electron chi connectivity index (χ4n) is 3.49. The van der Waals surface area contributed by atoms with Crippen LogP contribution < -0.4 is 5.32 Å². The van der Waals surface area contributed by atoms with E-state index in [0.29, 0.717) is 24.0 Å². The molecule has 3 aromatic rings. The van der Waals surface area contributed by atoms with Crippen LogP contribution in [0.15, 0.2) is 48.7 Å². The summed E-state index contributed by atoms with van der Waals surface area (Å²) in [6.45, 7) is 4.73. The van der Waals surface area contributed by atoms with Gasteiger partial charge in [0, 0.05) is 36.9 Å². The molecular weight excluding hydrogens is 413 g/mol. The molecule has 0 aliphatic rings. The lowest BCUT2D eigenvalue weighted by Gasteiger charge is -2.22. The smallest absolute Gasteiger partial charge is 0.384 e. The summed E-state index contributed by atoms with van der Waals surface area (Å²) in [6.07, 6.45) is -1.23. The molecule has 8 heteroatoms. The van der Waals surface area contributed by atoms with Crippen LogP contribution in [0.4, 0.5) is 27.6 Å². The largest absolute Gasteiger partial charge is 0.416 e. The maximum Gasteiger partial charge on any atom is 0.416 e. The zero-order valence-corrected chi connectivity index (χ0v) is 17.1. The summed E-state index contributed by atoms with van der Waals surface area (Å²) in [6, 6.07) is 9.20. The Morgan fingerprint density at radius 2 is 1.77 bits per heavy atom. The van der Waals surface area contributed by atoms with Gasteiger partial charge in [0.1, 0.15) is 0 Å². The van der Waals surface area contributed by atoms with E-state index in [9.17, 15) is 22.0 Å². The Bertz CT molecular complexity index is 1020. The summed E-state index contributed by atoms with van der Waals surface area (Å²) in [5.74, 6) is -1.71. The lowest BCUT2D eigenvalue weighted by atomic mass is 10.1. The van der Waals surface area contributed by atoms with Crippen molar-refractivity contribution in [3.05, 3.63) is 71.4 Å². The molecule has 3 rings (SSSR count). The zero-order chi connectivity index (χ0) is 22.4. The minimum absolute atomic E-state index is 0.283. The molecule has 0 bridgehead atoms. The van der Waals surface area contributed by atoms with Crippen molar-refractivity contribution in [2.75, 3.05) is 25.0 Å². The molecule has 2 aromatic carbocycles. The van der Waals surface area contributed by atoms with Crippen LogP contribution in [0, 0.1) is 11.6 Å². The van der Waals surface area contributed by atoms with Crippen LogP contribution in [-0.4, -0.2) is 29.5 Å². The lowest BCUT2D eigenvalue weighted by molar-refractivity contribution is -0.137. The van der Waals surface area contributed by atoms with Gasteiger partial charge in [-0.15, -0.1) is 0 Å². The molecule has 0 saturated heterocycles. The van der Waals surface area contributed by atoms with Gasteiger partial charge >= 0.3 is 6.18 Å². The van der Waals surface area contributed by atoms with Gasteiger partial charge in [0.2, 0.25) is 0 Å². The SMILES string of the molecule is CCCN(CCCNc1ccnc2cc(C(F)(F)F)ccc12)Cc1ccc(F)c(F)c1. The Balaban J connectivity index is 1.59. The van der Waals surface area contributed by atoms with E-state index in [2.05, 4.69) is 22.1 Å². The first-order chi connectivity index (χ1) is 14.8. The van der Waals surface area contributed by atoms with E-state index in [1.807, 2.05) is 0 Å². The zero-order valence-electron chi connectivity index (χ0n) is 17.1. The van der Waals surface area contributed by atoms with E-state index < -0.39 is 23.4 Å². The number of aromatic nitrogens is 1. The molecule has 31 heavy (non-hydrogen) atoms. The Morgan fingerprint density at radius 1 is 0.968 bits per heavy atom. The summed E-state index contributed by atoms with van der Waals surface area (Å²) in [5, 5.41) is 3.89. The predicted molar refractivity (Wildman–Crippen MR) is 112 cm³/mol. The molecule has 166 valence electrons. The highest BCUT2D eigenvalue weighted by atomic mass is 19.4. The van der Waals surface area contributed by atoms with Crippen molar-refractivity contribution in [3.63, 3.8) is 0 Å². The monoisotopic (exact) mass is 437 g/mol. The molecule has 1 heterocycles. The minimum Gasteiger partial charge on any atom is -0.384 e. The van der Waals surface area contributed by atoms with Crippen molar-refractivity contribution in [1.82, 2.24) is 9.88 Å². The summed E-state index contributed by atoms with van der Waals surface area (Å²) in [7, 11) is 0. The summed E-state index contributed by atoms with van der Waals surface area (Å²) in [5.41, 5.74) is 0.991. The molecule has 0 radical (unpaired) electrons. The van der Waals surface area contributed by atoms with Crippen LogP contribution in [0.25, 0.3) is 10.9 Å². The number of alkyl halides is 3. The molecule has 1 N–H and O–H groups in total. The van der Waals surface area contributed by atoms with E-state index in [4.69, 9.17) is 0 Å². The lowest BCUT2D eigenvalue weighted by Crippen LogP contribution is -2.26. The van der Waals surface area contributed by atoms with Crippen molar-refractivity contribution in [1.29, 1.82) is 0 Å². The number of nitrogens with one attached hydrogen (secondary N) is 1. The van der Waals surface area contributed by atoms with Gasteiger partial charge in [-0.2, -0.15) is 13.2 Å². The summed E-state index contributed by atoms with van der Waals surface area (Å²) < 4.78 is 65.3. The third-order valence-electron chi connectivity index (χ3n) is 4.97. The molecule has 0 fully saturated rings. The van der Waals surface area contributed by atoms with E-state index in [1.165, 1.54) is 18.3 Å². The first-order valence-electron chi connectivity index (χ1n) is 10.1. The molecule has 0 aliphatic heterocycles. The van der Waals surface area contributed by atoms with Gasteiger partial charge in [-0.25, -0.2) is 8.78 Å². The van der Waals surface area contributed by atoms with Crippen molar-refractivity contribution in [3.8, 4) is 0 Å². The van der Waals surface area contributed by atoms with E-state index >= 15 is 0 Å². The van der Waals surface area contributed by atoms with Crippen LogP contribution in [0.2, 0.25) is 0 Å². The van der Waals surface area contributed by atoms with Gasteiger partial charge in [-0.05, 0) is 55.3 Å². The second-order valence-corrected chi connectivity index (χ2v) is 7.39. The highest BCUT2D eigenvalue weighted by Gasteiger charge is 2.30. The fraction of sp³-hybridized carbons (Fsp3) is 0.348. The molecule has 0 aliphatic carbocycles. The number of halogens is 5. The first kappa shape index (κ1) is 22.9.